The normalized spacial score (nSPS) is 10.6. The van der Waals surface area contributed by atoms with Crippen LogP contribution in [0.1, 0.15) is 6.92 Å². The number of nitrogens with zero attached hydrogens (tertiary/aromatic N) is 4. The van der Waals surface area contributed by atoms with E-state index in [0.29, 0.717) is 29.9 Å². The molecule has 3 aromatic rings. The van der Waals surface area contributed by atoms with Crippen molar-refractivity contribution in [3.05, 3.63) is 30.6 Å². The van der Waals surface area contributed by atoms with Gasteiger partial charge in [-0.15, -0.1) is 0 Å². The Bertz CT molecular complexity index is 662. The second-order valence-electron chi connectivity index (χ2n) is 3.69. The van der Waals surface area contributed by atoms with Gasteiger partial charge in [0.05, 0.1) is 12.2 Å². The van der Waals surface area contributed by atoms with E-state index in [1.807, 2.05) is 31.2 Å². The van der Waals surface area contributed by atoms with Gasteiger partial charge >= 0.3 is 0 Å². The summed E-state index contributed by atoms with van der Waals surface area (Å²) in [4.78, 5) is 8.24. The molecular formula is C12H11N5O2. The Hall–Kier alpha value is -2.70. The lowest BCUT2D eigenvalue weighted by Crippen LogP contribution is -1.93. The van der Waals surface area contributed by atoms with E-state index in [1.54, 1.807) is 0 Å². The predicted molar refractivity (Wildman–Crippen MR) is 66.3 cm³/mol. The van der Waals surface area contributed by atoms with Gasteiger partial charge in [0.25, 0.3) is 5.89 Å². The molecule has 1 aromatic carbocycles. The number of rotatable bonds is 4. The molecule has 0 bridgehead atoms. The summed E-state index contributed by atoms with van der Waals surface area (Å²) in [6, 6.07) is 7.50. The Morgan fingerprint density at radius 2 is 2.21 bits per heavy atom. The van der Waals surface area contributed by atoms with E-state index in [1.165, 1.54) is 6.33 Å². The van der Waals surface area contributed by atoms with Gasteiger partial charge in [-0.25, -0.2) is 4.98 Å². The van der Waals surface area contributed by atoms with Crippen LogP contribution < -0.4 is 4.74 Å². The molecule has 19 heavy (non-hydrogen) atoms. The third-order valence-corrected chi connectivity index (χ3v) is 2.47. The number of benzene rings is 1. The van der Waals surface area contributed by atoms with Gasteiger partial charge in [-0.05, 0) is 19.1 Å². The molecule has 1 N–H and O–H groups in total. The molecule has 0 saturated carbocycles. The predicted octanol–water partition coefficient (Wildman–Crippen LogP) is 1.92. The second-order valence-corrected chi connectivity index (χ2v) is 3.69. The van der Waals surface area contributed by atoms with Crippen molar-refractivity contribution in [1.82, 2.24) is 25.3 Å². The summed E-state index contributed by atoms with van der Waals surface area (Å²) in [5.41, 5.74) is 0.752. The monoisotopic (exact) mass is 257 g/mol. The van der Waals surface area contributed by atoms with Crippen molar-refractivity contribution in [1.29, 1.82) is 0 Å². The molecule has 0 aliphatic rings. The van der Waals surface area contributed by atoms with E-state index in [-0.39, 0.29) is 0 Å². The molecular weight excluding hydrogens is 246 g/mol. The lowest BCUT2D eigenvalue weighted by atomic mass is 10.2. The van der Waals surface area contributed by atoms with Crippen LogP contribution in [0.4, 0.5) is 0 Å². The average Bonchev–Trinajstić information content (AvgIpc) is 3.11. The minimum Gasteiger partial charge on any atom is -0.493 e. The molecule has 0 aliphatic carbocycles. The zero-order valence-electron chi connectivity index (χ0n) is 10.2. The highest BCUT2D eigenvalue weighted by Gasteiger charge is 2.15. The standard InChI is InChI=1S/C12H11N5O2/c1-2-18-9-6-4-3-5-8(9)12-15-11(17-19-12)10-13-7-14-16-10/h3-7H,2H2,1H3,(H,13,14,16). The Morgan fingerprint density at radius 3 is 3.00 bits per heavy atom. The van der Waals surface area contributed by atoms with Gasteiger partial charge in [-0.2, -0.15) is 10.1 Å². The van der Waals surface area contributed by atoms with Gasteiger partial charge in [0, 0.05) is 0 Å². The highest BCUT2D eigenvalue weighted by atomic mass is 16.5. The maximum atomic E-state index is 5.53. The lowest BCUT2D eigenvalue weighted by Gasteiger charge is -2.05. The van der Waals surface area contributed by atoms with E-state index in [9.17, 15) is 0 Å². The summed E-state index contributed by atoms with van der Waals surface area (Å²) in [5.74, 6) is 1.91. The lowest BCUT2D eigenvalue weighted by molar-refractivity contribution is 0.339. The van der Waals surface area contributed by atoms with Gasteiger partial charge in [-0.1, -0.05) is 17.3 Å². The molecule has 0 aliphatic heterocycles. The van der Waals surface area contributed by atoms with Crippen molar-refractivity contribution < 1.29 is 9.26 Å². The van der Waals surface area contributed by atoms with E-state index in [2.05, 4.69) is 25.3 Å². The number of para-hydroxylation sites is 1. The first-order chi connectivity index (χ1) is 9.38. The molecule has 0 fully saturated rings. The van der Waals surface area contributed by atoms with E-state index in [0.717, 1.165) is 5.56 Å². The zero-order chi connectivity index (χ0) is 13.1. The minimum absolute atomic E-state index is 0.360. The fourth-order valence-corrected chi connectivity index (χ4v) is 1.67. The van der Waals surface area contributed by atoms with E-state index in [4.69, 9.17) is 9.26 Å². The zero-order valence-corrected chi connectivity index (χ0v) is 10.2. The average molecular weight is 257 g/mol. The molecule has 7 heteroatoms. The SMILES string of the molecule is CCOc1ccccc1-c1nc(-c2ncn[nH]2)no1. The van der Waals surface area contributed by atoms with Crippen molar-refractivity contribution in [2.24, 2.45) is 0 Å². The van der Waals surface area contributed by atoms with Gasteiger partial charge in [-0.3, -0.25) is 5.10 Å². The van der Waals surface area contributed by atoms with E-state index >= 15 is 0 Å². The van der Waals surface area contributed by atoms with Crippen molar-refractivity contribution in [2.45, 2.75) is 6.92 Å². The molecule has 0 radical (unpaired) electrons. The van der Waals surface area contributed by atoms with Crippen LogP contribution in [0, 0.1) is 0 Å². The summed E-state index contributed by atoms with van der Waals surface area (Å²) < 4.78 is 10.8. The van der Waals surface area contributed by atoms with Crippen molar-refractivity contribution >= 4 is 0 Å². The van der Waals surface area contributed by atoms with Gasteiger partial charge in [0.1, 0.15) is 12.1 Å². The number of nitrogens with one attached hydrogen (secondary N) is 1. The Balaban J connectivity index is 1.99. The van der Waals surface area contributed by atoms with Gasteiger partial charge < -0.3 is 9.26 Å². The minimum atomic E-state index is 0.360. The van der Waals surface area contributed by atoms with Crippen LogP contribution in [-0.2, 0) is 0 Å². The molecule has 0 saturated heterocycles. The highest BCUT2D eigenvalue weighted by Crippen LogP contribution is 2.29. The molecule has 0 unspecified atom stereocenters. The van der Waals surface area contributed by atoms with Crippen LogP contribution in [0.25, 0.3) is 23.1 Å². The van der Waals surface area contributed by atoms with Crippen LogP contribution in [0.3, 0.4) is 0 Å². The van der Waals surface area contributed by atoms with Crippen molar-refractivity contribution in [2.75, 3.05) is 6.61 Å². The largest absolute Gasteiger partial charge is 0.493 e. The molecule has 2 heterocycles. The number of aromatic amines is 1. The van der Waals surface area contributed by atoms with E-state index < -0.39 is 0 Å². The second kappa shape index (κ2) is 4.89. The number of hydrogen-bond donors (Lipinski definition) is 1. The molecule has 96 valence electrons. The number of ether oxygens (including phenoxy) is 1. The Labute approximate surface area is 108 Å². The van der Waals surface area contributed by atoms with Crippen molar-refractivity contribution in [3.8, 4) is 28.9 Å². The van der Waals surface area contributed by atoms with Crippen LogP contribution in [0.15, 0.2) is 35.1 Å². The smallest absolute Gasteiger partial charge is 0.262 e. The molecule has 0 spiro atoms. The molecule has 3 rings (SSSR count). The first kappa shape index (κ1) is 11.4. The molecule has 0 amide bonds. The summed E-state index contributed by atoms with van der Waals surface area (Å²) >= 11 is 0. The number of aromatic nitrogens is 5. The topological polar surface area (TPSA) is 89.7 Å². The first-order valence-corrected chi connectivity index (χ1v) is 5.80. The van der Waals surface area contributed by atoms with Crippen LogP contribution in [0.5, 0.6) is 5.75 Å². The highest BCUT2D eigenvalue weighted by molar-refractivity contribution is 5.63. The fraction of sp³-hybridized carbons (Fsp3) is 0.167. The summed E-state index contributed by atoms with van der Waals surface area (Å²) in [7, 11) is 0. The maximum absolute atomic E-state index is 5.53. The maximum Gasteiger partial charge on any atom is 0.262 e. The Kier molecular flexibility index (Phi) is 2.93. The summed E-state index contributed by atoms with van der Waals surface area (Å²) in [5, 5.41) is 10.3. The third kappa shape index (κ3) is 2.17. The number of hydrogen-bond acceptors (Lipinski definition) is 6. The van der Waals surface area contributed by atoms with Crippen LogP contribution in [0.2, 0.25) is 0 Å². The molecule has 0 atom stereocenters. The molecule has 2 aromatic heterocycles. The summed E-state index contributed by atoms with van der Waals surface area (Å²) in [6.07, 6.45) is 1.39. The van der Waals surface area contributed by atoms with Crippen LogP contribution in [-0.4, -0.2) is 31.9 Å². The molecule has 7 nitrogen and oxygen atoms in total. The van der Waals surface area contributed by atoms with Crippen molar-refractivity contribution in [3.63, 3.8) is 0 Å². The number of H-pyrrole nitrogens is 1. The fourth-order valence-electron chi connectivity index (χ4n) is 1.67. The quantitative estimate of drug-likeness (QED) is 0.768. The summed E-state index contributed by atoms with van der Waals surface area (Å²) in [6.45, 7) is 2.49. The first-order valence-electron chi connectivity index (χ1n) is 5.80. The van der Waals surface area contributed by atoms with Gasteiger partial charge in [0.2, 0.25) is 5.82 Å². The Morgan fingerprint density at radius 1 is 1.32 bits per heavy atom. The van der Waals surface area contributed by atoms with Gasteiger partial charge in [0.15, 0.2) is 5.82 Å². The third-order valence-electron chi connectivity index (χ3n) is 2.47. The van der Waals surface area contributed by atoms with Crippen LogP contribution >= 0.6 is 0 Å².